The van der Waals surface area contributed by atoms with Crippen LogP contribution in [0.3, 0.4) is 0 Å². The largest absolute Gasteiger partial charge is 0.496 e. The number of methoxy groups -OCH3 is 1. The zero-order valence-corrected chi connectivity index (χ0v) is 17.2. The Morgan fingerprint density at radius 1 is 1.42 bits per heavy atom. The lowest BCUT2D eigenvalue weighted by Gasteiger charge is -2.20. The summed E-state index contributed by atoms with van der Waals surface area (Å²) in [5.74, 6) is 1.72. The number of aryl methyl sites for hydroxylation is 1. The average Bonchev–Trinajstić information content (AvgIpc) is 3.12. The Bertz CT molecular complexity index is 738. The summed E-state index contributed by atoms with van der Waals surface area (Å²) in [6.07, 6.45) is 5.36. The van der Waals surface area contributed by atoms with Crippen LogP contribution in [0.2, 0.25) is 0 Å². The first-order chi connectivity index (χ1) is 12.4. The number of hydrogen-bond acceptors (Lipinski definition) is 4. The van der Waals surface area contributed by atoms with Crippen LogP contribution in [0.15, 0.2) is 27.9 Å². The fourth-order valence-electron chi connectivity index (χ4n) is 3.40. The Morgan fingerprint density at radius 2 is 2.15 bits per heavy atom. The molecule has 0 amide bonds. The fourth-order valence-corrected chi connectivity index (χ4v) is 4.42. The highest BCUT2D eigenvalue weighted by Crippen LogP contribution is 2.40. The SMILES string of the molecule is CCCc1cc(OC)c(CC(C)C)c(F)c1/C(C)=C(/N=N)C1=CCCS1. The molecule has 2 rings (SSSR count). The van der Waals surface area contributed by atoms with Crippen LogP contribution < -0.4 is 4.74 Å². The maximum absolute atomic E-state index is 15.7. The van der Waals surface area contributed by atoms with Crippen LogP contribution in [0.4, 0.5) is 4.39 Å². The fraction of sp³-hybridized carbons (Fsp3) is 0.524. The third-order valence-electron chi connectivity index (χ3n) is 4.54. The molecule has 0 radical (unpaired) electrons. The van der Waals surface area contributed by atoms with E-state index in [1.807, 2.05) is 13.0 Å². The van der Waals surface area contributed by atoms with Crippen molar-refractivity contribution in [3.05, 3.63) is 45.3 Å². The molecule has 1 aromatic rings. The number of halogens is 1. The van der Waals surface area contributed by atoms with Gasteiger partial charge in [0, 0.05) is 21.8 Å². The van der Waals surface area contributed by atoms with Crippen molar-refractivity contribution in [2.75, 3.05) is 12.9 Å². The van der Waals surface area contributed by atoms with Crippen LogP contribution >= 0.6 is 11.8 Å². The molecule has 0 atom stereocenters. The van der Waals surface area contributed by atoms with E-state index in [1.165, 1.54) is 0 Å². The number of rotatable bonds is 8. The molecule has 0 saturated carbocycles. The summed E-state index contributed by atoms with van der Waals surface area (Å²) in [6, 6.07) is 1.97. The van der Waals surface area contributed by atoms with Gasteiger partial charge < -0.3 is 4.74 Å². The monoisotopic (exact) mass is 376 g/mol. The molecular formula is C21H29FN2OS. The van der Waals surface area contributed by atoms with Gasteiger partial charge in [0.15, 0.2) is 0 Å². The molecule has 142 valence electrons. The lowest BCUT2D eigenvalue weighted by atomic mass is 9.90. The molecule has 1 N–H and O–H groups in total. The summed E-state index contributed by atoms with van der Waals surface area (Å²) in [5.41, 5.74) is 11.1. The minimum Gasteiger partial charge on any atom is -0.496 e. The molecule has 0 aliphatic carbocycles. The summed E-state index contributed by atoms with van der Waals surface area (Å²) >= 11 is 1.69. The molecule has 0 unspecified atom stereocenters. The molecule has 1 aliphatic heterocycles. The number of ether oxygens (including phenoxy) is 1. The molecule has 26 heavy (non-hydrogen) atoms. The highest BCUT2D eigenvalue weighted by atomic mass is 32.2. The van der Waals surface area contributed by atoms with Crippen LogP contribution in [0, 0.1) is 17.3 Å². The van der Waals surface area contributed by atoms with Crippen LogP contribution in [-0.2, 0) is 12.8 Å². The summed E-state index contributed by atoms with van der Waals surface area (Å²) in [5, 5.41) is 3.76. The summed E-state index contributed by atoms with van der Waals surface area (Å²) in [6.45, 7) is 8.12. The Kier molecular flexibility index (Phi) is 7.44. The summed E-state index contributed by atoms with van der Waals surface area (Å²) < 4.78 is 21.2. The van der Waals surface area contributed by atoms with E-state index in [4.69, 9.17) is 10.3 Å². The number of hydrogen-bond donors (Lipinski definition) is 1. The van der Waals surface area contributed by atoms with E-state index in [1.54, 1.807) is 18.9 Å². The minimum atomic E-state index is -0.219. The van der Waals surface area contributed by atoms with Gasteiger partial charge in [0.05, 0.1) is 7.11 Å². The van der Waals surface area contributed by atoms with Crippen molar-refractivity contribution in [1.82, 2.24) is 0 Å². The average molecular weight is 377 g/mol. The molecule has 1 heterocycles. The lowest BCUT2D eigenvalue weighted by Crippen LogP contribution is -2.08. The van der Waals surface area contributed by atoms with Crippen LogP contribution in [0.1, 0.15) is 57.2 Å². The van der Waals surface area contributed by atoms with Crippen molar-refractivity contribution in [2.24, 2.45) is 11.0 Å². The van der Waals surface area contributed by atoms with Gasteiger partial charge in [-0.15, -0.1) is 11.8 Å². The summed E-state index contributed by atoms with van der Waals surface area (Å²) in [4.78, 5) is 0.987. The molecule has 5 heteroatoms. The molecule has 3 nitrogen and oxygen atoms in total. The molecule has 1 aliphatic rings. The van der Waals surface area contributed by atoms with Gasteiger partial charge in [-0.2, -0.15) is 5.11 Å². The molecule has 0 saturated heterocycles. The molecule has 0 fully saturated rings. The number of nitrogens with zero attached hydrogens (tertiary/aromatic N) is 1. The van der Waals surface area contributed by atoms with E-state index in [9.17, 15) is 0 Å². The van der Waals surface area contributed by atoms with Crippen LogP contribution in [0.25, 0.3) is 5.57 Å². The second kappa shape index (κ2) is 9.36. The maximum Gasteiger partial charge on any atom is 0.137 e. The van der Waals surface area contributed by atoms with Crippen molar-refractivity contribution in [3.8, 4) is 5.75 Å². The van der Waals surface area contributed by atoms with Crippen LogP contribution in [-0.4, -0.2) is 12.9 Å². The predicted octanol–water partition coefficient (Wildman–Crippen LogP) is 6.77. The molecule has 1 aromatic carbocycles. The molecule has 0 aromatic heterocycles. The number of thioether (sulfide) groups is 1. The van der Waals surface area contributed by atoms with Gasteiger partial charge >= 0.3 is 0 Å². The summed E-state index contributed by atoms with van der Waals surface area (Å²) in [7, 11) is 1.60. The van der Waals surface area contributed by atoms with E-state index in [0.29, 0.717) is 34.9 Å². The second-order valence-electron chi connectivity index (χ2n) is 7.04. The first-order valence-corrected chi connectivity index (χ1v) is 10.2. The van der Waals surface area contributed by atoms with Crippen molar-refractivity contribution in [1.29, 1.82) is 5.53 Å². The van der Waals surface area contributed by atoms with Crippen molar-refractivity contribution < 1.29 is 9.13 Å². The minimum absolute atomic E-state index is 0.219. The Hall–Kier alpha value is -1.62. The lowest BCUT2D eigenvalue weighted by molar-refractivity contribution is 0.399. The quantitative estimate of drug-likeness (QED) is 0.509. The highest BCUT2D eigenvalue weighted by molar-refractivity contribution is 8.03. The number of allylic oxidation sites excluding steroid dienone is 2. The first kappa shape index (κ1) is 20.7. The van der Waals surface area contributed by atoms with E-state index >= 15 is 4.39 Å². The van der Waals surface area contributed by atoms with Gasteiger partial charge in [0.25, 0.3) is 0 Å². The normalized spacial score (nSPS) is 15.1. The topological polar surface area (TPSA) is 45.4 Å². The number of benzene rings is 1. The van der Waals surface area contributed by atoms with Gasteiger partial charge in [-0.1, -0.05) is 33.3 Å². The smallest absolute Gasteiger partial charge is 0.137 e. The van der Waals surface area contributed by atoms with E-state index in [0.717, 1.165) is 41.1 Å². The third kappa shape index (κ3) is 4.37. The number of nitrogens with one attached hydrogen (secondary N) is 1. The molecule has 0 bridgehead atoms. The molecular weight excluding hydrogens is 347 g/mol. The van der Waals surface area contributed by atoms with Gasteiger partial charge in [0.2, 0.25) is 0 Å². The van der Waals surface area contributed by atoms with Gasteiger partial charge in [-0.25, -0.2) is 9.92 Å². The first-order valence-electron chi connectivity index (χ1n) is 9.24. The maximum atomic E-state index is 15.7. The Morgan fingerprint density at radius 3 is 2.65 bits per heavy atom. The standard InChI is InChI=1S/C21H29FN2OS/c1-6-8-15-12-17(25-5)16(11-13(2)3)20(22)19(15)14(4)21(24-23)18-9-7-10-26-18/h9,12-13,23H,6-8,10-11H2,1-5H3/b21-14+,24-23?. The third-order valence-corrected chi connectivity index (χ3v) is 5.65. The predicted molar refractivity (Wildman–Crippen MR) is 108 cm³/mol. The van der Waals surface area contributed by atoms with Crippen molar-refractivity contribution >= 4 is 17.3 Å². The molecule has 0 spiro atoms. The van der Waals surface area contributed by atoms with Crippen LogP contribution in [0.5, 0.6) is 5.75 Å². The van der Waals surface area contributed by atoms with Crippen molar-refractivity contribution in [3.63, 3.8) is 0 Å². The Labute approximate surface area is 160 Å². The van der Waals surface area contributed by atoms with Gasteiger partial charge in [-0.05, 0) is 49.3 Å². The van der Waals surface area contributed by atoms with Gasteiger partial charge in [-0.3, -0.25) is 0 Å². The van der Waals surface area contributed by atoms with E-state index < -0.39 is 0 Å². The zero-order valence-electron chi connectivity index (χ0n) is 16.4. The second-order valence-corrected chi connectivity index (χ2v) is 8.18. The zero-order chi connectivity index (χ0) is 19.3. The van der Waals surface area contributed by atoms with E-state index in [2.05, 4.69) is 32.0 Å². The van der Waals surface area contributed by atoms with E-state index in [-0.39, 0.29) is 5.82 Å². The van der Waals surface area contributed by atoms with Crippen molar-refractivity contribution in [2.45, 2.75) is 53.4 Å². The Balaban J connectivity index is 2.73. The highest BCUT2D eigenvalue weighted by Gasteiger charge is 2.23. The van der Waals surface area contributed by atoms with Gasteiger partial charge in [0.1, 0.15) is 17.3 Å².